The summed E-state index contributed by atoms with van der Waals surface area (Å²) in [6.45, 7) is 5.70. The molecule has 0 atom stereocenters. The molecule has 0 saturated carbocycles. The second kappa shape index (κ2) is 2.03. The first-order chi connectivity index (χ1) is 3.43. The minimum absolute atomic E-state index is 1.05. The minimum atomic E-state index is 1.05. The lowest BCUT2D eigenvalue weighted by Crippen LogP contribution is -2.19. The molecule has 0 aliphatic carbocycles. The number of nitrogens with zero attached hydrogens (tertiary/aromatic N) is 1. The van der Waals surface area contributed by atoms with Crippen molar-refractivity contribution < 1.29 is 0 Å². The third kappa shape index (κ3) is 0.964. The predicted molar refractivity (Wildman–Crippen MR) is 30.7 cm³/mol. The zero-order valence-electron chi connectivity index (χ0n) is 4.22. The van der Waals surface area contributed by atoms with Crippen LogP contribution in [-0.4, -0.2) is 25.4 Å². The lowest BCUT2D eigenvalue weighted by molar-refractivity contribution is 0.647. The monoisotopic (exact) mass is 95.1 g/mol. The normalized spacial score (nSPS) is 19.1. The lowest BCUT2D eigenvalue weighted by atomic mass is 10.2. The van der Waals surface area contributed by atoms with Gasteiger partial charge in [0, 0.05) is 13.1 Å². The molecule has 1 fully saturated rings. The highest BCUT2D eigenvalue weighted by atomic mass is 15.1. The Labute approximate surface area is 44.5 Å². The fraction of sp³-hybridized carbons (Fsp3) is 0.500. The largest absolute Gasteiger partial charge is 0.410 e. The second-order valence-corrected chi connectivity index (χ2v) is 1.50. The molecule has 1 aliphatic heterocycles. The van der Waals surface area contributed by atoms with Crippen molar-refractivity contribution in [2.45, 2.75) is 0 Å². The summed E-state index contributed by atoms with van der Waals surface area (Å²) in [5, 5.41) is 3.05. The molecule has 1 rings (SSSR count). The van der Waals surface area contributed by atoms with Crippen LogP contribution in [0, 0.1) is 0 Å². The average molecular weight is 94.9 g/mol. The zero-order chi connectivity index (χ0) is 5.11. The van der Waals surface area contributed by atoms with Crippen molar-refractivity contribution >= 4 is 7.55 Å². The van der Waals surface area contributed by atoms with Gasteiger partial charge in [-0.15, -0.1) is 0 Å². The first-order valence-electron chi connectivity index (χ1n) is 2.38. The summed E-state index contributed by atoms with van der Waals surface area (Å²) in [6, 6.07) is 0. The van der Waals surface area contributed by atoms with Crippen LogP contribution in [0.2, 0.25) is 0 Å². The van der Waals surface area contributed by atoms with E-state index in [-0.39, 0.29) is 0 Å². The molecular weight excluding hydrogens is 86.9 g/mol. The molecule has 2 nitrogen and oxygen atoms in total. The van der Waals surface area contributed by atoms with Crippen molar-refractivity contribution in [3.63, 3.8) is 0 Å². The molecular formula is C4H8BN2. The molecule has 1 N–H and O–H groups in total. The molecule has 0 spiro atoms. The van der Waals surface area contributed by atoms with Gasteiger partial charge in [0.05, 0.1) is 0 Å². The molecule has 37 valence electrons. The summed E-state index contributed by atoms with van der Waals surface area (Å²) in [7, 11) is 1.92. The maximum atomic E-state index is 3.60. The van der Waals surface area contributed by atoms with Crippen LogP contribution < -0.4 is 5.23 Å². The topological polar surface area (TPSA) is 15.3 Å². The SMILES string of the molecule is C=CN1[B]NCC1. The number of hydrogen-bond donors (Lipinski definition) is 1. The molecule has 3 heteroatoms. The molecule has 1 radical (unpaired) electrons. The molecule has 0 amide bonds. The van der Waals surface area contributed by atoms with Crippen LogP contribution >= 0.6 is 0 Å². The van der Waals surface area contributed by atoms with Gasteiger partial charge in [0.15, 0.2) is 0 Å². The standard InChI is InChI=1S/C4H8BN2/c1-2-7-4-3-6-5-7/h2,6H,1,3-4H2. The van der Waals surface area contributed by atoms with Crippen LogP contribution in [0.3, 0.4) is 0 Å². The van der Waals surface area contributed by atoms with Crippen molar-refractivity contribution in [2.75, 3.05) is 13.1 Å². The van der Waals surface area contributed by atoms with Gasteiger partial charge in [0.1, 0.15) is 0 Å². The van der Waals surface area contributed by atoms with Gasteiger partial charge in [-0.3, -0.25) is 0 Å². The molecule has 0 unspecified atom stereocenters. The van der Waals surface area contributed by atoms with Gasteiger partial charge in [0.2, 0.25) is 0 Å². The van der Waals surface area contributed by atoms with E-state index in [1.165, 1.54) is 0 Å². The highest BCUT2D eigenvalue weighted by molar-refractivity contribution is 6.30. The first kappa shape index (κ1) is 4.72. The van der Waals surface area contributed by atoms with E-state index in [1.54, 1.807) is 6.20 Å². The van der Waals surface area contributed by atoms with Gasteiger partial charge in [0.25, 0.3) is 0 Å². The molecule has 1 heterocycles. The number of hydrogen-bond acceptors (Lipinski definition) is 2. The molecule has 7 heavy (non-hydrogen) atoms. The highest BCUT2D eigenvalue weighted by Gasteiger charge is 2.06. The van der Waals surface area contributed by atoms with E-state index in [0.29, 0.717) is 0 Å². The molecule has 0 bridgehead atoms. The minimum Gasteiger partial charge on any atom is -0.410 e. The van der Waals surface area contributed by atoms with Gasteiger partial charge in [-0.25, -0.2) is 0 Å². The Morgan fingerprint density at radius 3 is 3.00 bits per heavy atom. The van der Waals surface area contributed by atoms with Gasteiger partial charge < -0.3 is 10.0 Å². The molecule has 0 aromatic heterocycles. The molecule has 0 aromatic carbocycles. The Kier molecular flexibility index (Phi) is 1.37. The first-order valence-corrected chi connectivity index (χ1v) is 2.38. The van der Waals surface area contributed by atoms with Crippen LogP contribution in [0.5, 0.6) is 0 Å². The van der Waals surface area contributed by atoms with E-state index in [1.807, 2.05) is 12.4 Å². The Bertz CT molecular complexity index is 68.1. The second-order valence-electron chi connectivity index (χ2n) is 1.50. The number of nitrogens with one attached hydrogen (secondary N) is 1. The summed E-state index contributed by atoms with van der Waals surface area (Å²) >= 11 is 0. The summed E-state index contributed by atoms with van der Waals surface area (Å²) in [4.78, 5) is 2.01. The zero-order valence-corrected chi connectivity index (χ0v) is 4.22. The fourth-order valence-corrected chi connectivity index (χ4v) is 0.584. The highest BCUT2D eigenvalue weighted by Crippen LogP contribution is 1.86. The van der Waals surface area contributed by atoms with Crippen LogP contribution in [0.1, 0.15) is 0 Å². The van der Waals surface area contributed by atoms with E-state index in [0.717, 1.165) is 13.1 Å². The summed E-state index contributed by atoms with van der Waals surface area (Å²) < 4.78 is 0. The summed E-state index contributed by atoms with van der Waals surface area (Å²) in [5.74, 6) is 0. The third-order valence-electron chi connectivity index (χ3n) is 1.01. The van der Waals surface area contributed by atoms with Gasteiger partial charge in [-0.2, -0.15) is 0 Å². The fourth-order valence-electron chi connectivity index (χ4n) is 0.584. The van der Waals surface area contributed by atoms with E-state index in [4.69, 9.17) is 0 Å². The van der Waals surface area contributed by atoms with E-state index in [9.17, 15) is 0 Å². The van der Waals surface area contributed by atoms with Crippen LogP contribution in [0.15, 0.2) is 12.8 Å². The Morgan fingerprint density at radius 2 is 2.71 bits per heavy atom. The van der Waals surface area contributed by atoms with Crippen molar-refractivity contribution in [1.82, 2.24) is 10.0 Å². The Hall–Kier alpha value is -0.435. The smallest absolute Gasteiger partial charge is 0.348 e. The lowest BCUT2D eigenvalue weighted by Gasteiger charge is -2.04. The van der Waals surface area contributed by atoms with Crippen LogP contribution in [-0.2, 0) is 0 Å². The maximum Gasteiger partial charge on any atom is 0.348 e. The average Bonchev–Trinajstić information content (AvgIpc) is 2.14. The van der Waals surface area contributed by atoms with E-state index >= 15 is 0 Å². The Morgan fingerprint density at radius 1 is 1.86 bits per heavy atom. The number of rotatable bonds is 1. The van der Waals surface area contributed by atoms with E-state index < -0.39 is 0 Å². The van der Waals surface area contributed by atoms with Crippen LogP contribution in [0.4, 0.5) is 0 Å². The molecule has 0 aromatic rings. The van der Waals surface area contributed by atoms with Crippen molar-refractivity contribution in [1.29, 1.82) is 0 Å². The molecule has 1 aliphatic rings. The predicted octanol–water partition coefficient (Wildman–Crippen LogP) is -0.431. The van der Waals surface area contributed by atoms with Gasteiger partial charge in [-0.1, -0.05) is 6.58 Å². The van der Waals surface area contributed by atoms with Gasteiger partial charge >= 0.3 is 7.55 Å². The molecule has 1 saturated heterocycles. The van der Waals surface area contributed by atoms with Crippen LogP contribution in [0.25, 0.3) is 0 Å². The van der Waals surface area contributed by atoms with Crippen molar-refractivity contribution in [3.8, 4) is 0 Å². The van der Waals surface area contributed by atoms with Crippen molar-refractivity contribution in [2.24, 2.45) is 0 Å². The third-order valence-corrected chi connectivity index (χ3v) is 1.01. The summed E-state index contributed by atoms with van der Waals surface area (Å²) in [5.41, 5.74) is 0. The van der Waals surface area contributed by atoms with Crippen molar-refractivity contribution in [3.05, 3.63) is 12.8 Å². The van der Waals surface area contributed by atoms with E-state index in [2.05, 4.69) is 11.8 Å². The Balaban J connectivity index is 2.26. The summed E-state index contributed by atoms with van der Waals surface area (Å²) in [6.07, 6.45) is 1.81. The maximum absolute atomic E-state index is 3.60. The van der Waals surface area contributed by atoms with Gasteiger partial charge in [-0.05, 0) is 6.20 Å². The quantitative estimate of drug-likeness (QED) is 0.444.